The molecule has 0 aliphatic heterocycles. The molecule has 1 rings (SSSR count). The molecule has 0 amide bonds. The van der Waals surface area contributed by atoms with Crippen molar-refractivity contribution in [3.8, 4) is 0 Å². The maximum Gasteiger partial charge on any atom is 0.434 e. The van der Waals surface area contributed by atoms with Crippen molar-refractivity contribution in [2.75, 3.05) is 6.61 Å². The highest BCUT2D eigenvalue weighted by Crippen LogP contribution is 2.25. The molecule has 1 aromatic heterocycles. The summed E-state index contributed by atoms with van der Waals surface area (Å²) < 4.78 is 43.5. The van der Waals surface area contributed by atoms with Gasteiger partial charge in [0.1, 0.15) is 0 Å². The standard InChI is InChI=1S/C12H11F3N2O2S/c1-2-19-11(18)8(7-20)10(12(13,14)15)17-9-5-3-4-6-16-9/h3-7,20H,2H2,1H3/p-1/b8-7-,17-10?. The lowest BCUT2D eigenvalue weighted by Crippen LogP contribution is -2.29. The van der Waals surface area contributed by atoms with Gasteiger partial charge in [0.05, 0.1) is 12.2 Å². The van der Waals surface area contributed by atoms with Crippen molar-refractivity contribution >= 4 is 30.1 Å². The predicted octanol–water partition coefficient (Wildman–Crippen LogP) is 2.71. The lowest BCUT2D eigenvalue weighted by Gasteiger charge is -2.14. The number of esters is 1. The minimum Gasteiger partial charge on any atom is -0.786 e. The number of carbonyl (C=O) groups excluding carboxylic acids is 1. The molecule has 0 saturated heterocycles. The highest BCUT2D eigenvalue weighted by molar-refractivity contribution is 7.62. The second-order valence-corrected chi connectivity index (χ2v) is 3.63. The number of hydrogen-bond donors (Lipinski definition) is 0. The summed E-state index contributed by atoms with van der Waals surface area (Å²) in [5.41, 5.74) is -2.25. The van der Waals surface area contributed by atoms with Crippen LogP contribution in [0.25, 0.3) is 0 Å². The van der Waals surface area contributed by atoms with Gasteiger partial charge in [-0.2, -0.15) is 18.6 Å². The molecule has 1 heterocycles. The van der Waals surface area contributed by atoms with E-state index in [0.717, 1.165) is 0 Å². The van der Waals surface area contributed by atoms with Gasteiger partial charge in [-0.05, 0) is 19.1 Å². The van der Waals surface area contributed by atoms with Gasteiger partial charge in [-0.25, -0.2) is 14.8 Å². The molecule has 0 fully saturated rings. The van der Waals surface area contributed by atoms with Crippen LogP contribution in [-0.2, 0) is 22.2 Å². The Bertz CT molecular complexity index is 527. The Morgan fingerprint density at radius 3 is 2.65 bits per heavy atom. The average Bonchev–Trinajstić information content (AvgIpc) is 2.39. The highest BCUT2D eigenvalue weighted by atomic mass is 32.1. The number of pyridine rings is 1. The Morgan fingerprint density at radius 2 is 2.20 bits per heavy atom. The van der Waals surface area contributed by atoms with Crippen LogP contribution in [0.3, 0.4) is 0 Å². The van der Waals surface area contributed by atoms with E-state index in [2.05, 4.69) is 27.3 Å². The Hall–Kier alpha value is -1.96. The Labute approximate surface area is 118 Å². The summed E-state index contributed by atoms with van der Waals surface area (Å²) in [6.45, 7) is 1.41. The van der Waals surface area contributed by atoms with Crippen molar-refractivity contribution in [1.29, 1.82) is 0 Å². The number of nitrogens with zero attached hydrogens (tertiary/aromatic N) is 2. The highest BCUT2D eigenvalue weighted by Gasteiger charge is 2.40. The summed E-state index contributed by atoms with van der Waals surface area (Å²) in [7, 11) is 0. The SMILES string of the molecule is CCOC(=O)/C(=C\[S-])C(=Nc1ccccn1)C(F)(F)F. The molecular weight excluding hydrogens is 293 g/mol. The van der Waals surface area contributed by atoms with Crippen molar-refractivity contribution < 1.29 is 22.7 Å². The van der Waals surface area contributed by atoms with E-state index in [0.29, 0.717) is 5.41 Å². The fourth-order valence-corrected chi connectivity index (χ4v) is 1.43. The number of aliphatic imine (C=N–C) groups is 1. The second kappa shape index (κ2) is 6.99. The fourth-order valence-electron chi connectivity index (χ4n) is 1.22. The van der Waals surface area contributed by atoms with Crippen LogP contribution in [0.5, 0.6) is 0 Å². The molecule has 0 aliphatic rings. The van der Waals surface area contributed by atoms with Crippen LogP contribution in [0.2, 0.25) is 0 Å². The molecule has 1 aromatic rings. The monoisotopic (exact) mass is 303 g/mol. The van der Waals surface area contributed by atoms with E-state index in [4.69, 9.17) is 0 Å². The topological polar surface area (TPSA) is 51.5 Å². The Morgan fingerprint density at radius 1 is 1.50 bits per heavy atom. The molecule has 108 valence electrons. The Kier molecular flexibility index (Phi) is 5.63. The van der Waals surface area contributed by atoms with E-state index in [-0.39, 0.29) is 12.4 Å². The molecule has 0 unspecified atom stereocenters. The summed E-state index contributed by atoms with van der Waals surface area (Å²) in [6, 6.07) is 4.28. The summed E-state index contributed by atoms with van der Waals surface area (Å²) in [4.78, 5) is 18.5. The summed E-state index contributed by atoms with van der Waals surface area (Å²) in [5.74, 6) is -1.35. The normalized spacial score (nSPS) is 13.2. The van der Waals surface area contributed by atoms with Crippen LogP contribution < -0.4 is 0 Å². The molecule has 8 heteroatoms. The third-order valence-electron chi connectivity index (χ3n) is 2.01. The molecule has 0 spiro atoms. The zero-order chi connectivity index (χ0) is 15.2. The van der Waals surface area contributed by atoms with E-state index in [1.54, 1.807) is 0 Å². The van der Waals surface area contributed by atoms with E-state index in [1.807, 2.05) is 0 Å². The third-order valence-corrected chi connectivity index (χ3v) is 2.25. The van der Waals surface area contributed by atoms with E-state index in [1.165, 1.54) is 31.3 Å². The average molecular weight is 303 g/mol. The largest absolute Gasteiger partial charge is 0.786 e. The number of rotatable bonds is 4. The minimum absolute atomic E-state index is 0.0692. The first-order valence-electron chi connectivity index (χ1n) is 5.46. The van der Waals surface area contributed by atoms with Crippen molar-refractivity contribution in [3.63, 3.8) is 0 Å². The van der Waals surface area contributed by atoms with Crippen molar-refractivity contribution in [3.05, 3.63) is 35.4 Å². The van der Waals surface area contributed by atoms with Gasteiger partial charge in [0, 0.05) is 6.20 Å². The lowest BCUT2D eigenvalue weighted by molar-refractivity contribution is -0.138. The minimum atomic E-state index is -4.85. The number of halogens is 3. The third kappa shape index (κ3) is 4.30. The molecule has 0 aromatic carbocycles. The molecule has 0 N–H and O–H groups in total. The molecule has 0 aliphatic carbocycles. The maximum absolute atomic E-state index is 13.0. The Balaban J connectivity index is 3.27. The molecule has 0 saturated carbocycles. The van der Waals surface area contributed by atoms with Gasteiger partial charge in [0.2, 0.25) is 0 Å². The predicted molar refractivity (Wildman–Crippen MR) is 69.5 cm³/mol. The van der Waals surface area contributed by atoms with E-state index in [9.17, 15) is 18.0 Å². The molecule has 0 radical (unpaired) electrons. The van der Waals surface area contributed by atoms with E-state index >= 15 is 0 Å². The first-order valence-corrected chi connectivity index (χ1v) is 5.93. The van der Waals surface area contributed by atoms with Gasteiger partial charge in [0.15, 0.2) is 11.5 Å². The number of aromatic nitrogens is 1. The smallest absolute Gasteiger partial charge is 0.434 e. The molecule has 20 heavy (non-hydrogen) atoms. The van der Waals surface area contributed by atoms with Crippen molar-refractivity contribution in [2.24, 2.45) is 4.99 Å². The fraction of sp³-hybridized carbons (Fsp3) is 0.250. The van der Waals surface area contributed by atoms with Crippen LogP contribution in [-0.4, -0.2) is 29.4 Å². The summed E-state index contributed by atoms with van der Waals surface area (Å²) in [6.07, 6.45) is -3.57. The van der Waals surface area contributed by atoms with Crippen molar-refractivity contribution in [1.82, 2.24) is 4.98 Å². The number of alkyl halides is 3. The lowest BCUT2D eigenvalue weighted by atomic mass is 10.1. The van der Waals surface area contributed by atoms with Gasteiger partial charge in [-0.1, -0.05) is 6.07 Å². The summed E-state index contributed by atoms with van der Waals surface area (Å²) >= 11 is 4.46. The van der Waals surface area contributed by atoms with Crippen LogP contribution in [0.15, 0.2) is 40.4 Å². The first kappa shape index (κ1) is 16.1. The molecule has 0 atom stereocenters. The van der Waals surface area contributed by atoms with Gasteiger partial charge in [0.25, 0.3) is 0 Å². The first-order chi connectivity index (χ1) is 9.40. The molecule has 0 bridgehead atoms. The van der Waals surface area contributed by atoms with Crippen LogP contribution in [0, 0.1) is 0 Å². The van der Waals surface area contributed by atoms with Gasteiger partial charge in [-0.15, -0.1) is 0 Å². The van der Waals surface area contributed by atoms with Crippen molar-refractivity contribution in [2.45, 2.75) is 13.1 Å². The number of hydrogen-bond acceptors (Lipinski definition) is 5. The summed E-state index contributed by atoms with van der Waals surface area (Å²) in [5, 5.41) is 0.604. The van der Waals surface area contributed by atoms with Gasteiger partial charge < -0.3 is 17.4 Å². The zero-order valence-corrected chi connectivity index (χ0v) is 11.2. The van der Waals surface area contributed by atoms with Crippen LogP contribution in [0.1, 0.15) is 6.92 Å². The maximum atomic E-state index is 13.0. The molecular formula is C12H10F3N2O2S-. The second-order valence-electron chi connectivity index (χ2n) is 3.40. The van der Waals surface area contributed by atoms with Gasteiger partial charge in [-0.3, -0.25) is 0 Å². The van der Waals surface area contributed by atoms with Crippen LogP contribution >= 0.6 is 0 Å². The number of ether oxygens (including phenoxy) is 1. The van der Waals surface area contributed by atoms with E-state index < -0.39 is 23.4 Å². The number of carbonyl (C=O) groups is 1. The quantitative estimate of drug-likeness (QED) is 0.371. The molecule has 4 nitrogen and oxygen atoms in total. The zero-order valence-electron chi connectivity index (χ0n) is 10.3. The van der Waals surface area contributed by atoms with Gasteiger partial charge >= 0.3 is 12.1 Å². The van der Waals surface area contributed by atoms with Crippen LogP contribution in [0.4, 0.5) is 19.0 Å².